The van der Waals surface area contributed by atoms with Gasteiger partial charge in [-0.2, -0.15) is 9.99 Å². The van der Waals surface area contributed by atoms with Crippen LogP contribution in [-0.4, -0.2) is 57.4 Å². The highest BCUT2D eigenvalue weighted by Crippen LogP contribution is 2.21. The number of urea groups is 1. The minimum atomic E-state index is -0.424. The summed E-state index contributed by atoms with van der Waals surface area (Å²) in [6, 6.07) is 14.1. The molecule has 1 saturated heterocycles. The number of carbonyl (C=O) groups excluding carboxylic acids is 1. The molecule has 180 valence electrons. The van der Waals surface area contributed by atoms with E-state index in [1.54, 1.807) is 35.2 Å². The van der Waals surface area contributed by atoms with E-state index in [1.165, 1.54) is 24.4 Å². The molecule has 2 amide bonds. The number of nitriles is 1. The van der Waals surface area contributed by atoms with Crippen molar-refractivity contribution >= 4 is 17.7 Å². The molecular weight excluding hydrogens is 449 g/mol. The van der Waals surface area contributed by atoms with E-state index < -0.39 is 5.82 Å². The highest BCUT2D eigenvalue weighted by Gasteiger charge is 2.33. The number of carbonyl (C=O) groups is 1. The number of halogens is 1. The largest absolute Gasteiger partial charge is 0.428 e. The lowest BCUT2D eigenvalue weighted by Crippen LogP contribution is -2.58. The maximum Gasteiger partial charge on any atom is 0.321 e. The van der Waals surface area contributed by atoms with Crippen LogP contribution < -0.4 is 10.7 Å². The summed E-state index contributed by atoms with van der Waals surface area (Å²) in [5, 5.41) is 22.8. The van der Waals surface area contributed by atoms with E-state index in [1.807, 2.05) is 31.0 Å². The summed E-state index contributed by atoms with van der Waals surface area (Å²) in [6.07, 6.45) is 3.37. The van der Waals surface area contributed by atoms with Gasteiger partial charge in [0.25, 0.3) is 0 Å². The lowest BCUT2D eigenvalue weighted by atomic mass is 10.00. The fourth-order valence-corrected chi connectivity index (χ4v) is 4.20. The predicted molar refractivity (Wildman–Crippen MR) is 129 cm³/mol. The number of hydrogen-bond donors (Lipinski definition) is 2. The molecule has 9 nitrogen and oxygen atoms in total. The number of hydrogen-bond acceptors (Lipinski definition) is 4. The Morgan fingerprint density at radius 2 is 2.00 bits per heavy atom. The van der Waals surface area contributed by atoms with E-state index in [9.17, 15) is 19.7 Å². The highest BCUT2D eigenvalue weighted by molar-refractivity contribution is 5.90. The lowest BCUT2D eigenvalue weighted by Gasteiger charge is -2.43. The van der Waals surface area contributed by atoms with Crippen LogP contribution in [0.2, 0.25) is 0 Å². The molecule has 4 rings (SSSR count). The molecule has 10 heteroatoms. The summed E-state index contributed by atoms with van der Waals surface area (Å²) in [6.45, 7) is 5.22. The number of nitrogens with one attached hydrogen (secondary N) is 1. The molecule has 0 bridgehead atoms. The Kier molecular flexibility index (Phi) is 6.96. The quantitative estimate of drug-likeness (QED) is 0.256. The van der Waals surface area contributed by atoms with Crippen molar-refractivity contribution in [3.05, 3.63) is 72.0 Å². The zero-order valence-electron chi connectivity index (χ0n) is 19.5. The molecule has 2 N–H and O–H groups in total. The monoisotopic (exact) mass is 475 g/mol. The van der Waals surface area contributed by atoms with E-state index in [0.717, 1.165) is 4.73 Å². The number of pyridine rings is 1. The van der Waals surface area contributed by atoms with Crippen molar-refractivity contribution in [3.8, 4) is 17.5 Å². The van der Waals surface area contributed by atoms with E-state index in [2.05, 4.69) is 15.3 Å². The highest BCUT2D eigenvalue weighted by atomic mass is 19.1. The van der Waals surface area contributed by atoms with Crippen molar-refractivity contribution in [3.63, 3.8) is 0 Å². The van der Waals surface area contributed by atoms with Gasteiger partial charge in [0.05, 0.1) is 17.1 Å². The molecule has 3 aliphatic rings. The van der Waals surface area contributed by atoms with Gasteiger partial charge in [0.2, 0.25) is 12.2 Å². The molecule has 1 fully saturated rings. The summed E-state index contributed by atoms with van der Waals surface area (Å²) < 4.78 is 14.5. The van der Waals surface area contributed by atoms with Crippen molar-refractivity contribution in [2.45, 2.75) is 19.9 Å². The van der Waals surface area contributed by atoms with Crippen molar-refractivity contribution in [2.75, 3.05) is 25.0 Å². The van der Waals surface area contributed by atoms with Crippen LogP contribution in [0.25, 0.3) is 11.3 Å². The molecule has 1 aliphatic carbocycles. The van der Waals surface area contributed by atoms with Gasteiger partial charge in [-0.15, -0.1) is 4.99 Å². The van der Waals surface area contributed by atoms with Gasteiger partial charge in [0.15, 0.2) is 0 Å². The molecule has 0 spiro atoms. The third kappa shape index (κ3) is 5.24. The van der Waals surface area contributed by atoms with Crippen LogP contribution in [0.15, 0.2) is 70.8 Å². The summed E-state index contributed by atoms with van der Waals surface area (Å²) in [4.78, 5) is 25.2. The van der Waals surface area contributed by atoms with Crippen molar-refractivity contribution in [2.24, 2.45) is 15.9 Å². The first-order valence-electron chi connectivity index (χ1n) is 11.3. The van der Waals surface area contributed by atoms with Gasteiger partial charge < -0.3 is 20.3 Å². The average Bonchev–Trinajstić information content (AvgIpc) is 2.84. The van der Waals surface area contributed by atoms with Crippen LogP contribution in [-0.2, 0) is 0 Å². The Morgan fingerprint density at radius 1 is 1.20 bits per heavy atom. The Hall–Kier alpha value is -4.39. The first-order chi connectivity index (χ1) is 16.9. The summed E-state index contributed by atoms with van der Waals surface area (Å²) in [5.74, 6) is -0.0602. The van der Waals surface area contributed by atoms with Gasteiger partial charge in [0.1, 0.15) is 5.82 Å². The Morgan fingerprint density at radius 3 is 2.74 bits per heavy atom. The molecule has 1 unspecified atom stereocenters. The maximum atomic E-state index is 13.5. The molecular formula is C25H26FN7O2. The SMILES string of the molecule is CC(C)C1CN(C(=O)Nc2cccc(F)c2)CCN1C(=NC#N)/N=c1\cccc2n(O)cccc1-2. The van der Waals surface area contributed by atoms with Crippen LogP contribution >= 0.6 is 0 Å². The maximum absolute atomic E-state index is 13.5. The fourth-order valence-electron chi connectivity index (χ4n) is 4.20. The van der Waals surface area contributed by atoms with Crippen LogP contribution in [0.3, 0.4) is 0 Å². The summed E-state index contributed by atoms with van der Waals surface area (Å²) in [5.41, 5.74) is 1.67. The van der Waals surface area contributed by atoms with Crippen LogP contribution in [0, 0.1) is 23.2 Å². The van der Waals surface area contributed by atoms with Gasteiger partial charge in [-0.3, -0.25) is 0 Å². The van der Waals surface area contributed by atoms with Gasteiger partial charge >= 0.3 is 6.03 Å². The first kappa shape index (κ1) is 23.8. The van der Waals surface area contributed by atoms with Crippen LogP contribution in [0.1, 0.15) is 13.8 Å². The first-order valence-corrected chi connectivity index (χ1v) is 11.3. The molecule has 2 aliphatic heterocycles. The number of anilines is 1. The van der Waals surface area contributed by atoms with E-state index in [4.69, 9.17) is 0 Å². The number of aliphatic imine (C=N–C) groups is 1. The number of fused-ring (bicyclic) bond motifs is 1. The topological polar surface area (TPSA) is 109 Å². The average molecular weight is 476 g/mol. The third-order valence-electron chi connectivity index (χ3n) is 5.98. The predicted octanol–water partition coefficient (Wildman–Crippen LogP) is 3.58. The fraction of sp³-hybridized carbons (Fsp3) is 0.280. The van der Waals surface area contributed by atoms with Crippen molar-refractivity contribution in [1.82, 2.24) is 14.5 Å². The van der Waals surface area contributed by atoms with E-state index >= 15 is 0 Å². The third-order valence-corrected chi connectivity index (χ3v) is 5.98. The second kappa shape index (κ2) is 10.3. The molecule has 1 aromatic rings. The Labute approximate surface area is 202 Å². The van der Waals surface area contributed by atoms with Gasteiger partial charge in [-0.1, -0.05) is 26.0 Å². The number of nitrogens with zero attached hydrogens (tertiary/aromatic N) is 6. The van der Waals surface area contributed by atoms with E-state index in [0.29, 0.717) is 41.9 Å². The van der Waals surface area contributed by atoms with Crippen molar-refractivity contribution < 1.29 is 14.4 Å². The minimum Gasteiger partial charge on any atom is -0.428 e. The standard InChI is InChI=1S/C25H26FN7O2/c1-17(2)23-15-31(25(34)29-19-7-3-6-18(26)14-19)12-13-32(23)24(28-16-27)30-21-9-4-10-22-20(21)8-5-11-33(22)35/h3-11,14,17,23,35H,12-13,15H2,1-2H3,(H,29,34)/b28-24?,30-21+. The molecule has 0 saturated carbocycles. The number of rotatable bonds is 2. The summed E-state index contributed by atoms with van der Waals surface area (Å²) in [7, 11) is 0. The number of amides is 2. The molecule has 0 aromatic heterocycles. The Bertz CT molecular complexity index is 1330. The molecule has 1 atom stereocenters. The van der Waals surface area contributed by atoms with Gasteiger partial charge in [-0.25, -0.2) is 14.2 Å². The smallest absolute Gasteiger partial charge is 0.321 e. The van der Waals surface area contributed by atoms with Crippen LogP contribution in [0.4, 0.5) is 14.9 Å². The van der Waals surface area contributed by atoms with E-state index in [-0.39, 0.29) is 24.0 Å². The van der Waals surface area contributed by atoms with Crippen LogP contribution in [0.5, 0.6) is 0 Å². The molecule has 35 heavy (non-hydrogen) atoms. The summed E-state index contributed by atoms with van der Waals surface area (Å²) >= 11 is 0. The second-order valence-electron chi connectivity index (χ2n) is 8.58. The minimum absolute atomic E-state index is 0.117. The normalized spacial score (nSPS) is 17.1. The number of piperazine rings is 1. The van der Waals surface area contributed by atoms with Crippen molar-refractivity contribution in [1.29, 1.82) is 5.26 Å². The second-order valence-corrected chi connectivity index (χ2v) is 8.58. The zero-order chi connectivity index (χ0) is 24.9. The lowest BCUT2D eigenvalue weighted by molar-refractivity contribution is 0.119. The number of aromatic nitrogens is 1. The number of guanidine groups is 1. The molecule has 1 aromatic carbocycles. The number of benzene rings is 2. The van der Waals surface area contributed by atoms with Gasteiger partial charge in [-0.05, 0) is 48.4 Å². The molecule has 0 radical (unpaired) electrons. The Balaban J connectivity index is 1.60. The molecule has 2 heterocycles. The zero-order valence-corrected chi connectivity index (χ0v) is 19.5. The van der Waals surface area contributed by atoms with Gasteiger partial charge in [0, 0.05) is 37.1 Å².